The van der Waals surface area contributed by atoms with Gasteiger partial charge in [0.25, 0.3) is 5.91 Å². The van der Waals surface area contributed by atoms with E-state index in [0.717, 1.165) is 21.3 Å². The highest BCUT2D eigenvalue weighted by Crippen LogP contribution is 2.36. The predicted octanol–water partition coefficient (Wildman–Crippen LogP) is 2.94. The summed E-state index contributed by atoms with van der Waals surface area (Å²) in [4.78, 5) is 51.8. The molecule has 2 fully saturated rings. The van der Waals surface area contributed by atoms with Crippen molar-refractivity contribution in [2.24, 2.45) is 5.92 Å². The van der Waals surface area contributed by atoms with Crippen molar-refractivity contribution in [3.63, 3.8) is 0 Å². The first-order chi connectivity index (χ1) is 15.3. The molecule has 4 rings (SSSR count). The Balaban J connectivity index is 1.37. The fourth-order valence-corrected chi connectivity index (χ4v) is 6.19. The quantitative estimate of drug-likeness (QED) is 0.621. The van der Waals surface area contributed by atoms with Gasteiger partial charge in [-0.3, -0.25) is 14.5 Å². The van der Waals surface area contributed by atoms with Crippen LogP contribution in [0.4, 0.5) is 4.79 Å². The van der Waals surface area contributed by atoms with E-state index in [9.17, 15) is 14.4 Å². The molecule has 2 aromatic rings. The Kier molecular flexibility index (Phi) is 6.62. The summed E-state index contributed by atoms with van der Waals surface area (Å²) in [6.07, 6.45) is 2.88. The van der Waals surface area contributed by atoms with Crippen LogP contribution in [0.5, 0.6) is 0 Å². The minimum Gasteiger partial charge on any atom is -0.342 e. The molecule has 2 saturated heterocycles. The molecule has 0 bridgehead atoms. The van der Waals surface area contributed by atoms with Crippen LogP contribution in [0.1, 0.15) is 47.5 Å². The van der Waals surface area contributed by atoms with Crippen LogP contribution in [0.2, 0.25) is 0 Å². The molecule has 1 atom stereocenters. The minimum absolute atomic E-state index is 0.0182. The molecule has 0 aliphatic carbocycles. The molecule has 32 heavy (non-hydrogen) atoms. The summed E-state index contributed by atoms with van der Waals surface area (Å²) < 4.78 is 0. The number of amides is 4. The lowest BCUT2D eigenvalue weighted by molar-refractivity contribution is -0.135. The number of aromatic nitrogens is 2. The van der Waals surface area contributed by atoms with Gasteiger partial charge in [-0.2, -0.15) is 0 Å². The van der Waals surface area contributed by atoms with Crippen molar-refractivity contribution in [2.75, 3.05) is 19.6 Å². The summed E-state index contributed by atoms with van der Waals surface area (Å²) in [5.74, 6) is -0.0396. The van der Waals surface area contributed by atoms with Gasteiger partial charge in [0.2, 0.25) is 5.91 Å². The third kappa shape index (κ3) is 4.30. The summed E-state index contributed by atoms with van der Waals surface area (Å²) in [6, 6.07) is -0.309. The minimum atomic E-state index is -0.874. The summed E-state index contributed by atoms with van der Waals surface area (Å²) in [7, 11) is 0. The van der Waals surface area contributed by atoms with E-state index >= 15 is 0 Å². The molecule has 4 heterocycles. The maximum absolute atomic E-state index is 13.4. The van der Waals surface area contributed by atoms with Crippen LogP contribution >= 0.6 is 22.7 Å². The number of aryl methyl sites for hydroxylation is 2. The van der Waals surface area contributed by atoms with E-state index < -0.39 is 5.54 Å². The van der Waals surface area contributed by atoms with Crippen LogP contribution in [-0.4, -0.2) is 62.8 Å². The highest BCUT2D eigenvalue weighted by Gasteiger charge is 2.54. The molecule has 2 aromatic heterocycles. The molecule has 0 radical (unpaired) electrons. The van der Waals surface area contributed by atoms with Crippen LogP contribution in [-0.2, 0) is 22.4 Å². The van der Waals surface area contributed by atoms with Crippen molar-refractivity contribution in [3.05, 3.63) is 32.2 Å². The van der Waals surface area contributed by atoms with Crippen molar-refractivity contribution >= 4 is 40.5 Å². The van der Waals surface area contributed by atoms with Gasteiger partial charge in [0, 0.05) is 36.3 Å². The van der Waals surface area contributed by atoms with E-state index in [0.29, 0.717) is 51.7 Å². The number of thiazole rings is 2. The number of imide groups is 1. The largest absolute Gasteiger partial charge is 0.342 e. The maximum atomic E-state index is 13.4. The molecule has 0 aromatic carbocycles. The Bertz CT molecular complexity index is 1010. The number of piperidine rings is 1. The van der Waals surface area contributed by atoms with Crippen molar-refractivity contribution in [3.8, 4) is 0 Å². The van der Waals surface area contributed by atoms with Gasteiger partial charge >= 0.3 is 6.03 Å². The van der Waals surface area contributed by atoms with Crippen LogP contribution < -0.4 is 5.32 Å². The van der Waals surface area contributed by atoms with Crippen molar-refractivity contribution in [1.29, 1.82) is 0 Å². The number of carbonyl (C=O) groups is 3. The number of likely N-dealkylation sites (tertiary alicyclic amines) is 1. The number of carbonyl (C=O) groups excluding carboxylic acids is 3. The maximum Gasteiger partial charge on any atom is 0.325 e. The second-order valence-electron chi connectivity index (χ2n) is 8.51. The molecule has 1 N–H and O–H groups in total. The van der Waals surface area contributed by atoms with Gasteiger partial charge in [0.1, 0.15) is 5.54 Å². The Morgan fingerprint density at radius 3 is 2.59 bits per heavy atom. The molecule has 2 aliphatic rings. The normalized spacial score (nSPS) is 22.0. The second-order valence-corrected chi connectivity index (χ2v) is 10.5. The first-order valence-electron chi connectivity index (χ1n) is 11.1. The molecule has 8 nitrogen and oxygen atoms in total. The number of hydrogen-bond donors (Lipinski definition) is 1. The second kappa shape index (κ2) is 9.27. The van der Waals surface area contributed by atoms with E-state index in [1.54, 1.807) is 28.2 Å². The third-order valence-corrected chi connectivity index (χ3v) is 8.53. The molecule has 2 aliphatic heterocycles. The van der Waals surface area contributed by atoms with E-state index in [4.69, 9.17) is 0 Å². The molecule has 0 saturated carbocycles. The molecule has 1 unspecified atom stereocenters. The standard InChI is InChI=1S/C22H29N5O3S2/c1-4-22(20(29)27(21(30)25-22)10-7-18-14(2)23-13-32-18)16-5-8-26(9-6-16)19(28)11-17-12-31-15(3)24-17/h12-13,16H,4-11H2,1-3H3,(H,25,30). The Hall–Kier alpha value is -2.33. The third-order valence-electron chi connectivity index (χ3n) is 6.71. The number of nitrogens with zero attached hydrogens (tertiary/aromatic N) is 4. The lowest BCUT2D eigenvalue weighted by atomic mass is 9.75. The van der Waals surface area contributed by atoms with E-state index in [1.165, 1.54) is 4.90 Å². The van der Waals surface area contributed by atoms with Crippen LogP contribution in [0.15, 0.2) is 10.9 Å². The van der Waals surface area contributed by atoms with E-state index in [2.05, 4.69) is 15.3 Å². The Morgan fingerprint density at radius 2 is 2.00 bits per heavy atom. The number of urea groups is 1. The van der Waals surface area contributed by atoms with Crippen LogP contribution in [0.25, 0.3) is 0 Å². The SMILES string of the molecule is CCC1(C2CCN(C(=O)Cc3csc(C)n3)CC2)NC(=O)N(CCc2scnc2C)C1=O. The lowest BCUT2D eigenvalue weighted by Gasteiger charge is -2.40. The van der Waals surface area contributed by atoms with Gasteiger partial charge in [-0.25, -0.2) is 14.8 Å². The monoisotopic (exact) mass is 475 g/mol. The Morgan fingerprint density at radius 1 is 1.25 bits per heavy atom. The average Bonchev–Trinajstić information content (AvgIpc) is 3.45. The van der Waals surface area contributed by atoms with Gasteiger partial charge < -0.3 is 10.2 Å². The fourth-order valence-electron chi connectivity index (χ4n) is 4.81. The highest BCUT2D eigenvalue weighted by atomic mass is 32.1. The molecule has 10 heteroatoms. The van der Waals surface area contributed by atoms with Gasteiger partial charge in [0.05, 0.1) is 28.3 Å². The first kappa shape index (κ1) is 22.8. The molecule has 172 valence electrons. The number of rotatable bonds is 7. The topological polar surface area (TPSA) is 95.5 Å². The van der Waals surface area contributed by atoms with Crippen molar-refractivity contribution < 1.29 is 14.4 Å². The molecule has 4 amide bonds. The summed E-state index contributed by atoms with van der Waals surface area (Å²) >= 11 is 3.10. The van der Waals surface area contributed by atoms with E-state index in [1.807, 2.05) is 31.1 Å². The van der Waals surface area contributed by atoms with Crippen molar-refractivity contribution in [2.45, 2.75) is 58.4 Å². The Labute approximate surface area is 196 Å². The first-order valence-corrected chi connectivity index (χ1v) is 12.8. The number of nitrogens with one attached hydrogen (secondary N) is 1. The molecular formula is C22H29N5O3S2. The molecular weight excluding hydrogens is 446 g/mol. The fraction of sp³-hybridized carbons (Fsp3) is 0.591. The average molecular weight is 476 g/mol. The van der Waals surface area contributed by atoms with Crippen LogP contribution in [0.3, 0.4) is 0 Å². The van der Waals surface area contributed by atoms with Gasteiger partial charge in [-0.1, -0.05) is 6.92 Å². The zero-order valence-corrected chi connectivity index (χ0v) is 20.4. The van der Waals surface area contributed by atoms with Gasteiger partial charge in [-0.15, -0.1) is 22.7 Å². The highest BCUT2D eigenvalue weighted by molar-refractivity contribution is 7.09. The summed E-state index contributed by atoms with van der Waals surface area (Å²) in [6.45, 7) is 7.38. The summed E-state index contributed by atoms with van der Waals surface area (Å²) in [5, 5.41) is 5.92. The lowest BCUT2D eigenvalue weighted by Crippen LogP contribution is -2.56. The molecule has 0 spiro atoms. The zero-order valence-electron chi connectivity index (χ0n) is 18.7. The van der Waals surface area contributed by atoms with Gasteiger partial charge in [0.15, 0.2) is 0 Å². The van der Waals surface area contributed by atoms with E-state index in [-0.39, 0.29) is 23.8 Å². The van der Waals surface area contributed by atoms with Crippen LogP contribution in [0, 0.1) is 19.8 Å². The smallest absolute Gasteiger partial charge is 0.325 e. The van der Waals surface area contributed by atoms with Crippen molar-refractivity contribution in [1.82, 2.24) is 25.1 Å². The summed E-state index contributed by atoms with van der Waals surface area (Å²) in [5.41, 5.74) is 2.68. The number of hydrogen-bond acceptors (Lipinski definition) is 7. The van der Waals surface area contributed by atoms with Gasteiger partial charge in [-0.05, 0) is 39.0 Å². The zero-order chi connectivity index (χ0) is 22.9. The predicted molar refractivity (Wildman–Crippen MR) is 124 cm³/mol.